The number of hydrogen-bond donors (Lipinski definition) is 0. The molecule has 160 valence electrons. The van der Waals surface area contributed by atoms with E-state index < -0.39 is 16.6 Å². The van der Waals surface area contributed by atoms with E-state index in [4.69, 9.17) is 8.85 Å². The SMILES string of the molecule is C/C(C=O)=C\[C@H](O[Si](C)(C)C(C)(C)C)[C@@H](C)C[C@H](C)O[Si](C)(C)C(C)(C)C. The first kappa shape index (κ1) is 26.8. The fourth-order valence-electron chi connectivity index (χ4n) is 2.52. The Morgan fingerprint density at radius 1 is 0.889 bits per heavy atom. The zero-order valence-corrected chi connectivity index (χ0v) is 22.3. The topological polar surface area (TPSA) is 35.5 Å². The molecule has 0 spiro atoms. The number of carbonyl (C=O) groups excluding carboxylic acids is 1. The minimum absolute atomic E-state index is 0.0541. The second-order valence-corrected chi connectivity index (χ2v) is 20.8. The number of aldehydes is 1. The Hall–Kier alpha value is -0.236. The monoisotopic (exact) mass is 414 g/mol. The van der Waals surface area contributed by atoms with Crippen molar-refractivity contribution in [3.8, 4) is 0 Å². The summed E-state index contributed by atoms with van der Waals surface area (Å²) >= 11 is 0. The summed E-state index contributed by atoms with van der Waals surface area (Å²) in [5.41, 5.74) is 0.739. The van der Waals surface area contributed by atoms with Gasteiger partial charge in [-0.15, -0.1) is 0 Å². The molecule has 3 atom stereocenters. The van der Waals surface area contributed by atoms with Crippen molar-refractivity contribution in [2.45, 2.75) is 117 Å². The lowest BCUT2D eigenvalue weighted by molar-refractivity contribution is -0.104. The first-order chi connectivity index (χ1) is 11.8. The predicted molar refractivity (Wildman–Crippen MR) is 123 cm³/mol. The van der Waals surface area contributed by atoms with Crippen LogP contribution in [-0.2, 0) is 13.6 Å². The van der Waals surface area contributed by atoms with Crippen LogP contribution < -0.4 is 0 Å². The van der Waals surface area contributed by atoms with Crippen molar-refractivity contribution in [1.82, 2.24) is 0 Å². The molecule has 0 unspecified atom stereocenters. The van der Waals surface area contributed by atoms with Gasteiger partial charge in [-0.25, -0.2) is 0 Å². The summed E-state index contributed by atoms with van der Waals surface area (Å²) in [5, 5.41) is 0.340. The zero-order valence-electron chi connectivity index (χ0n) is 20.3. The van der Waals surface area contributed by atoms with E-state index in [1.165, 1.54) is 0 Å². The predicted octanol–water partition coefficient (Wildman–Crippen LogP) is 6.96. The molecular weight excluding hydrogens is 368 g/mol. The molecule has 0 aromatic rings. The highest BCUT2D eigenvalue weighted by Gasteiger charge is 2.41. The van der Waals surface area contributed by atoms with Crippen molar-refractivity contribution in [2.24, 2.45) is 5.92 Å². The van der Waals surface area contributed by atoms with Gasteiger partial charge in [-0.2, -0.15) is 0 Å². The van der Waals surface area contributed by atoms with E-state index >= 15 is 0 Å². The molecule has 0 saturated heterocycles. The number of carbonyl (C=O) groups is 1. The van der Waals surface area contributed by atoms with Crippen LogP contribution in [0.2, 0.25) is 36.3 Å². The maximum absolute atomic E-state index is 11.2. The second-order valence-electron chi connectivity index (χ2n) is 11.3. The van der Waals surface area contributed by atoms with Gasteiger partial charge in [-0.05, 0) is 68.0 Å². The molecule has 0 aliphatic rings. The average Bonchev–Trinajstić information content (AvgIpc) is 2.42. The summed E-state index contributed by atoms with van der Waals surface area (Å²) in [7, 11) is -3.72. The van der Waals surface area contributed by atoms with Crippen LogP contribution in [0.1, 0.15) is 68.7 Å². The Kier molecular flexibility index (Phi) is 9.42. The molecule has 0 radical (unpaired) electrons. The van der Waals surface area contributed by atoms with Gasteiger partial charge in [0.25, 0.3) is 0 Å². The Morgan fingerprint density at radius 3 is 1.67 bits per heavy atom. The van der Waals surface area contributed by atoms with Crippen molar-refractivity contribution in [3.05, 3.63) is 11.6 Å². The summed E-state index contributed by atoms with van der Waals surface area (Å²) in [5.74, 6) is 0.286. The van der Waals surface area contributed by atoms with Gasteiger partial charge in [0.15, 0.2) is 16.6 Å². The lowest BCUT2D eigenvalue weighted by Gasteiger charge is -2.42. The van der Waals surface area contributed by atoms with E-state index in [9.17, 15) is 4.79 Å². The molecule has 0 saturated carbocycles. The fraction of sp³-hybridized carbons (Fsp3) is 0.864. The van der Waals surface area contributed by atoms with Gasteiger partial charge in [0.2, 0.25) is 0 Å². The largest absolute Gasteiger partial charge is 0.414 e. The molecule has 0 heterocycles. The first-order valence-electron chi connectivity index (χ1n) is 10.3. The van der Waals surface area contributed by atoms with Gasteiger partial charge in [0.05, 0.1) is 6.10 Å². The van der Waals surface area contributed by atoms with Gasteiger partial charge in [0, 0.05) is 6.10 Å². The van der Waals surface area contributed by atoms with Crippen molar-refractivity contribution in [1.29, 1.82) is 0 Å². The highest BCUT2D eigenvalue weighted by Crippen LogP contribution is 2.40. The highest BCUT2D eigenvalue weighted by atomic mass is 28.4. The summed E-state index contributed by atoms with van der Waals surface area (Å²) in [4.78, 5) is 11.2. The highest BCUT2D eigenvalue weighted by molar-refractivity contribution is 6.74. The summed E-state index contributed by atoms with van der Waals surface area (Å²) in [6.07, 6.45) is 3.98. The molecule has 0 aliphatic carbocycles. The molecule has 0 aromatic heterocycles. The van der Waals surface area contributed by atoms with Crippen molar-refractivity contribution < 1.29 is 13.6 Å². The van der Waals surface area contributed by atoms with Crippen LogP contribution >= 0.6 is 0 Å². The van der Waals surface area contributed by atoms with Gasteiger partial charge in [0.1, 0.15) is 6.29 Å². The van der Waals surface area contributed by atoms with Gasteiger partial charge < -0.3 is 8.85 Å². The van der Waals surface area contributed by atoms with Gasteiger partial charge in [-0.3, -0.25) is 4.79 Å². The molecule has 0 aliphatic heterocycles. The lowest BCUT2D eigenvalue weighted by atomic mass is 9.97. The van der Waals surface area contributed by atoms with Crippen LogP contribution in [0.25, 0.3) is 0 Å². The van der Waals surface area contributed by atoms with E-state index in [1.54, 1.807) is 0 Å². The quantitative estimate of drug-likeness (QED) is 0.232. The Labute approximate surface area is 171 Å². The number of rotatable bonds is 9. The van der Waals surface area contributed by atoms with E-state index in [0.717, 1.165) is 18.3 Å². The molecule has 27 heavy (non-hydrogen) atoms. The van der Waals surface area contributed by atoms with E-state index in [2.05, 4.69) is 81.6 Å². The molecule has 0 amide bonds. The normalized spacial score (nSPS) is 18.2. The van der Waals surface area contributed by atoms with Crippen LogP contribution in [0, 0.1) is 5.92 Å². The Morgan fingerprint density at radius 2 is 1.30 bits per heavy atom. The van der Waals surface area contributed by atoms with Gasteiger partial charge >= 0.3 is 0 Å². The van der Waals surface area contributed by atoms with Crippen LogP contribution in [0.3, 0.4) is 0 Å². The second kappa shape index (κ2) is 9.51. The van der Waals surface area contributed by atoms with Crippen molar-refractivity contribution in [2.75, 3.05) is 0 Å². The Balaban J connectivity index is 5.38. The molecular formula is C22H46O3Si2. The smallest absolute Gasteiger partial charge is 0.192 e. The van der Waals surface area contributed by atoms with E-state index in [-0.39, 0.29) is 28.2 Å². The number of hydrogen-bond acceptors (Lipinski definition) is 3. The average molecular weight is 415 g/mol. The fourth-order valence-corrected chi connectivity index (χ4v) is 5.31. The summed E-state index contributed by atoms with van der Waals surface area (Å²) in [6, 6.07) is 0. The molecule has 0 N–H and O–H groups in total. The third kappa shape index (κ3) is 8.34. The molecule has 0 bridgehead atoms. The molecule has 0 aromatic carbocycles. The molecule has 5 heteroatoms. The zero-order chi connectivity index (χ0) is 21.8. The van der Waals surface area contributed by atoms with Crippen LogP contribution in [0.5, 0.6) is 0 Å². The molecule has 3 nitrogen and oxygen atoms in total. The van der Waals surface area contributed by atoms with E-state index in [1.807, 2.05) is 13.0 Å². The third-order valence-electron chi connectivity index (χ3n) is 6.42. The first-order valence-corrected chi connectivity index (χ1v) is 16.1. The van der Waals surface area contributed by atoms with Crippen LogP contribution in [0.15, 0.2) is 11.6 Å². The number of allylic oxidation sites excluding steroid dienone is 1. The summed E-state index contributed by atoms with van der Waals surface area (Å²) in [6.45, 7) is 29.0. The van der Waals surface area contributed by atoms with Crippen molar-refractivity contribution >= 4 is 22.9 Å². The lowest BCUT2D eigenvalue weighted by Crippen LogP contribution is -2.46. The van der Waals surface area contributed by atoms with Crippen molar-refractivity contribution in [3.63, 3.8) is 0 Å². The maximum Gasteiger partial charge on any atom is 0.192 e. The van der Waals surface area contributed by atoms with Gasteiger partial charge in [-0.1, -0.05) is 54.5 Å². The summed E-state index contributed by atoms with van der Waals surface area (Å²) < 4.78 is 13.3. The minimum atomic E-state index is -1.93. The van der Waals surface area contributed by atoms with E-state index in [0.29, 0.717) is 0 Å². The van der Waals surface area contributed by atoms with Crippen LogP contribution in [-0.4, -0.2) is 35.1 Å². The minimum Gasteiger partial charge on any atom is -0.414 e. The maximum atomic E-state index is 11.2. The molecule has 0 fully saturated rings. The Bertz CT molecular complexity index is 511. The third-order valence-corrected chi connectivity index (χ3v) is 15.5. The molecule has 0 rings (SSSR count). The van der Waals surface area contributed by atoms with Crippen LogP contribution in [0.4, 0.5) is 0 Å². The standard InChI is InChI=1S/C22H46O3Si2/c1-17(16-23)14-20(25-27(12,13)22(7,8)9)18(2)15-19(3)24-26(10,11)21(4,5)6/h14,16,18-20H,15H2,1-13H3/b17-14+/t18-,19-,20-/m0/s1.